The second-order valence-corrected chi connectivity index (χ2v) is 7.41. The standard InChI is InChI=1S/C26H25/c1-3-4-17-26(2,24-15-13-20-9-5-7-11-22(20)18-24)25-16-14-21-10-6-8-12-23(21)19-25/h5-16,18-19H,1,3-4,17H2,2H3. The third-order valence-corrected chi connectivity index (χ3v) is 5.70. The summed E-state index contributed by atoms with van der Waals surface area (Å²) in [5, 5.41) is 5.22. The number of unbranched alkanes of at least 4 members (excludes halogenated alkanes) is 1. The van der Waals surface area contributed by atoms with E-state index in [4.69, 9.17) is 0 Å². The highest BCUT2D eigenvalue weighted by Crippen LogP contribution is 2.39. The lowest BCUT2D eigenvalue weighted by Gasteiger charge is -2.32. The van der Waals surface area contributed by atoms with Gasteiger partial charge in [0.2, 0.25) is 0 Å². The zero-order valence-electron chi connectivity index (χ0n) is 15.4. The van der Waals surface area contributed by atoms with Gasteiger partial charge in [0.25, 0.3) is 0 Å². The van der Waals surface area contributed by atoms with Crippen molar-refractivity contribution < 1.29 is 0 Å². The van der Waals surface area contributed by atoms with Crippen LogP contribution < -0.4 is 0 Å². The smallest absolute Gasteiger partial charge is 0.0175 e. The first-order valence-corrected chi connectivity index (χ1v) is 9.48. The van der Waals surface area contributed by atoms with Crippen LogP contribution in [0.15, 0.2) is 84.9 Å². The molecule has 0 unspecified atom stereocenters. The highest BCUT2D eigenvalue weighted by molar-refractivity contribution is 5.85. The summed E-state index contributed by atoms with van der Waals surface area (Å²) >= 11 is 0. The van der Waals surface area contributed by atoms with Crippen LogP contribution >= 0.6 is 0 Å². The molecule has 0 amide bonds. The molecule has 0 aliphatic heterocycles. The molecule has 0 heterocycles. The van der Waals surface area contributed by atoms with Gasteiger partial charge in [-0.05, 0) is 39.1 Å². The van der Waals surface area contributed by atoms with Crippen molar-refractivity contribution >= 4 is 21.5 Å². The molecule has 0 aromatic heterocycles. The van der Waals surface area contributed by atoms with Crippen molar-refractivity contribution in [3.05, 3.63) is 103 Å². The van der Waals surface area contributed by atoms with Crippen molar-refractivity contribution in [2.45, 2.75) is 31.6 Å². The average molecular weight is 337 g/mol. The molecule has 0 aliphatic rings. The van der Waals surface area contributed by atoms with Crippen LogP contribution in [-0.4, -0.2) is 0 Å². The molecule has 0 heteroatoms. The minimum atomic E-state index is -0.00818. The Morgan fingerprint density at radius 3 is 1.58 bits per heavy atom. The van der Waals surface area contributed by atoms with Crippen molar-refractivity contribution in [1.82, 2.24) is 0 Å². The largest absolute Gasteiger partial charge is 0.0616 e. The Morgan fingerprint density at radius 1 is 0.654 bits per heavy atom. The molecule has 4 aromatic carbocycles. The molecule has 0 saturated carbocycles. The molecule has 4 rings (SSSR count). The van der Waals surface area contributed by atoms with E-state index in [1.807, 2.05) is 0 Å². The predicted molar refractivity (Wildman–Crippen MR) is 114 cm³/mol. The lowest BCUT2D eigenvalue weighted by Crippen LogP contribution is -2.23. The van der Waals surface area contributed by atoms with Crippen LogP contribution in [0.2, 0.25) is 0 Å². The van der Waals surface area contributed by atoms with Gasteiger partial charge < -0.3 is 0 Å². The summed E-state index contributed by atoms with van der Waals surface area (Å²) in [7, 11) is 0. The van der Waals surface area contributed by atoms with E-state index in [2.05, 4.69) is 98.8 Å². The van der Waals surface area contributed by atoms with Gasteiger partial charge >= 0.3 is 0 Å². The first-order chi connectivity index (χ1) is 12.7. The molecule has 0 saturated heterocycles. The Balaban J connectivity index is 1.87. The van der Waals surface area contributed by atoms with Crippen LogP contribution in [0, 0.1) is 6.92 Å². The Labute approximate surface area is 156 Å². The summed E-state index contributed by atoms with van der Waals surface area (Å²) in [6.07, 6.45) is 3.19. The fourth-order valence-electron chi connectivity index (χ4n) is 4.00. The average Bonchev–Trinajstić information content (AvgIpc) is 2.71. The molecular formula is C26H25. The molecule has 0 aliphatic carbocycles. The predicted octanol–water partition coefficient (Wildman–Crippen LogP) is 7.30. The van der Waals surface area contributed by atoms with Crippen LogP contribution in [0.3, 0.4) is 0 Å². The van der Waals surface area contributed by atoms with Gasteiger partial charge in [0, 0.05) is 5.41 Å². The minimum absolute atomic E-state index is 0.00818. The number of hydrogen-bond donors (Lipinski definition) is 0. The highest BCUT2D eigenvalue weighted by Gasteiger charge is 2.28. The van der Waals surface area contributed by atoms with Crippen LogP contribution in [0.5, 0.6) is 0 Å². The van der Waals surface area contributed by atoms with E-state index >= 15 is 0 Å². The maximum absolute atomic E-state index is 4.08. The van der Waals surface area contributed by atoms with Gasteiger partial charge in [0.15, 0.2) is 0 Å². The Morgan fingerprint density at radius 2 is 1.12 bits per heavy atom. The maximum Gasteiger partial charge on any atom is 0.0175 e. The molecule has 0 fully saturated rings. The molecule has 0 spiro atoms. The summed E-state index contributed by atoms with van der Waals surface area (Å²) in [5.41, 5.74) is 2.77. The molecular weight excluding hydrogens is 312 g/mol. The summed E-state index contributed by atoms with van der Waals surface area (Å²) < 4.78 is 0. The molecule has 4 aromatic rings. The number of hydrogen-bond acceptors (Lipinski definition) is 0. The Kier molecular flexibility index (Phi) is 4.51. The number of fused-ring (bicyclic) bond motifs is 2. The van der Waals surface area contributed by atoms with E-state index in [1.54, 1.807) is 0 Å². The summed E-state index contributed by atoms with van der Waals surface area (Å²) in [4.78, 5) is 0. The Hall–Kier alpha value is -2.60. The lowest BCUT2D eigenvalue weighted by atomic mass is 9.72. The SMILES string of the molecule is [CH2]CCCC(C)(c1ccc2ccccc2c1)c1ccc2ccccc2c1. The van der Waals surface area contributed by atoms with E-state index in [1.165, 1.54) is 32.7 Å². The van der Waals surface area contributed by atoms with Crippen molar-refractivity contribution in [1.29, 1.82) is 0 Å². The molecule has 26 heavy (non-hydrogen) atoms. The van der Waals surface area contributed by atoms with Gasteiger partial charge in [-0.3, -0.25) is 0 Å². The summed E-state index contributed by atoms with van der Waals surface area (Å²) in [6.45, 7) is 6.46. The number of rotatable bonds is 5. The summed E-state index contributed by atoms with van der Waals surface area (Å²) in [6, 6.07) is 31.1. The fraction of sp³-hybridized carbons (Fsp3) is 0.192. The van der Waals surface area contributed by atoms with Crippen molar-refractivity contribution in [2.24, 2.45) is 0 Å². The normalized spacial score (nSPS) is 11.9. The third-order valence-electron chi connectivity index (χ3n) is 5.70. The second-order valence-electron chi connectivity index (χ2n) is 7.41. The molecule has 0 nitrogen and oxygen atoms in total. The van der Waals surface area contributed by atoms with Crippen molar-refractivity contribution in [3.8, 4) is 0 Å². The van der Waals surface area contributed by atoms with Crippen LogP contribution in [0.1, 0.15) is 37.3 Å². The minimum Gasteiger partial charge on any atom is -0.0616 e. The van der Waals surface area contributed by atoms with E-state index < -0.39 is 0 Å². The zero-order chi connectivity index (χ0) is 18.0. The van der Waals surface area contributed by atoms with Gasteiger partial charge in [-0.2, -0.15) is 0 Å². The first-order valence-electron chi connectivity index (χ1n) is 9.48. The van der Waals surface area contributed by atoms with Crippen LogP contribution in [0.25, 0.3) is 21.5 Å². The monoisotopic (exact) mass is 337 g/mol. The zero-order valence-corrected chi connectivity index (χ0v) is 15.4. The van der Waals surface area contributed by atoms with E-state index in [9.17, 15) is 0 Å². The van der Waals surface area contributed by atoms with Gasteiger partial charge in [-0.15, -0.1) is 0 Å². The van der Waals surface area contributed by atoms with Gasteiger partial charge in [-0.25, -0.2) is 0 Å². The van der Waals surface area contributed by atoms with Crippen molar-refractivity contribution in [3.63, 3.8) is 0 Å². The molecule has 129 valence electrons. The fourth-order valence-corrected chi connectivity index (χ4v) is 4.00. The van der Waals surface area contributed by atoms with Gasteiger partial charge in [0.1, 0.15) is 0 Å². The topological polar surface area (TPSA) is 0 Å². The molecule has 0 atom stereocenters. The van der Waals surface area contributed by atoms with E-state index in [-0.39, 0.29) is 5.41 Å². The van der Waals surface area contributed by atoms with E-state index in [0.717, 1.165) is 19.3 Å². The summed E-state index contributed by atoms with van der Waals surface area (Å²) in [5.74, 6) is 0. The third kappa shape index (κ3) is 3.01. The van der Waals surface area contributed by atoms with Gasteiger partial charge in [0.05, 0.1) is 0 Å². The molecule has 0 N–H and O–H groups in total. The maximum atomic E-state index is 4.08. The molecule has 0 bridgehead atoms. The van der Waals surface area contributed by atoms with Crippen molar-refractivity contribution in [2.75, 3.05) is 0 Å². The molecule has 1 radical (unpaired) electrons. The van der Waals surface area contributed by atoms with Crippen LogP contribution in [-0.2, 0) is 5.41 Å². The first kappa shape index (κ1) is 16.8. The Bertz CT molecular complexity index is 962. The van der Waals surface area contributed by atoms with Crippen LogP contribution in [0.4, 0.5) is 0 Å². The lowest BCUT2D eigenvalue weighted by molar-refractivity contribution is 0.501. The number of benzene rings is 4. The van der Waals surface area contributed by atoms with Gasteiger partial charge in [-0.1, -0.05) is 112 Å². The second kappa shape index (κ2) is 6.96. The van der Waals surface area contributed by atoms with E-state index in [0.29, 0.717) is 0 Å². The quantitative estimate of drug-likeness (QED) is 0.358. The highest BCUT2D eigenvalue weighted by atomic mass is 14.3.